The van der Waals surface area contributed by atoms with Crippen molar-refractivity contribution >= 4 is 5.91 Å². The van der Waals surface area contributed by atoms with Crippen LogP contribution in [0.4, 0.5) is 0 Å². The summed E-state index contributed by atoms with van der Waals surface area (Å²) in [6.07, 6.45) is 6.25. The van der Waals surface area contributed by atoms with E-state index in [2.05, 4.69) is 35.3 Å². The fraction of sp³-hybridized carbons (Fsp3) is 0.400. The Morgan fingerprint density at radius 2 is 1.79 bits per heavy atom. The molecule has 2 aliphatic rings. The van der Waals surface area contributed by atoms with Crippen LogP contribution in [0, 0.1) is 0 Å². The number of carbonyl (C=O) groups is 1. The molecule has 1 spiro atoms. The lowest BCUT2D eigenvalue weighted by atomic mass is 9.83. The van der Waals surface area contributed by atoms with Gasteiger partial charge in [-0.05, 0) is 37.0 Å². The molecule has 2 fully saturated rings. The molecule has 1 aromatic carbocycles. The average molecular weight is 322 g/mol. The first-order valence-corrected chi connectivity index (χ1v) is 8.64. The summed E-state index contributed by atoms with van der Waals surface area (Å²) < 4.78 is 6.23. The summed E-state index contributed by atoms with van der Waals surface area (Å²) in [6.45, 7) is 2.33. The van der Waals surface area contributed by atoms with E-state index in [1.54, 1.807) is 24.5 Å². The van der Waals surface area contributed by atoms with Crippen LogP contribution in [0.2, 0.25) is 0 Å². The molecule has 0 radical (unpaired) electrons. The molecule has 1 atom stereocenters. The molecule has 2 saturated heterocycles. The van der Waals surface area contributed by atoms with Crippen LogP contribution in [-0.4, -0.2) is 41.1 Å². The minimum atomic E-state index is -0.0461. The normalized spacial score (nSPS) is 22.7. The molecule has 24 heavy (non-hydrogen) atoms. The monoisotopic (exact) mass is 322 g/mol. The molecule has 4 nitrogen and oxygen atoms in total. The van der Waals surface area contributed by atoms with Crippen molar-refractivity contribution in [3.63, 3.8) is 0 Å². The number of benzene rings is 1. The minimum absolute atomic E-state index is 0.0461. The number of ether oxygens (including phenoxy) is 1. The summed E-state index contributed by atoms with van der Waals surface area (Å²) >= 11 is 0. The molecule has 1 unspecified atom stereocenters. The van der Waals surface area contributed by atoms with E-state index >= 15 is 0 Å². The van der Waals surface area contributed by atoms with Crippen molar-refractivity contribution < 1.29 is 9.53 Å². The molecular weight excluding hydrogens is 300 g/mol. The van der Waals surface area contributed by atoms with Gasteiger partial charge in [-0.15, -0.1) is 0 Å². The van der Waals surface area contributed by atoms with Crippen molar-refractivity contribution in [1.82, 2.24) is 9.88 Å². The Labute approximate surface area is 142 Å². The fourth-order valence-corrected chi connectivity index (χ4v) is 3.93. The molecule has 0 bridgehead atoms. The molecule has 0 aliphatic carbocycles. The van der Waals surface area contributed by atoms with Gasteiger partial charge in [0.15, 0.2) is 0 Å². The van der Waals surface area contributed by atoms with Crippen LogP contribution in [0.5, 0.6) is 0 Å². The fourth-order valence-electron chi connectivity index (χ4n) is 3.93. The smallest absolute Gasteiger partial charge is 0.253 e. The van der Waals surface area contributed by atoms with E-state index in [4.69, 9.17) is 4.74 Å². The number of carbonyl (C=O) groups excluding carboxylic acids is 1. The van der Waals surface area contributed by atoms with Gasteiger partial charge in [0.05, 0.1) is 12.2 Å². The molecule has 0 saturated carbocycles. The molecule has 3 heterocycles. The van der Waals surface area contributed by atoms with Gasteiger partial charge in [0.2, 0.25) is 0 Å². The number of hydrogen-bond acceptors (Lipinski definition) is 3. The highest BCUT2D eigenvalue weighted by Gasteiger charge is 2.43. The zero-order valence-corrected chi connectivity index (χ0v) is 13.7. The molecular formula is C20H22N2O2. The maximum atomic E-state index is 12.5. The Morgan fingerprint density at radius 1 is 1.08 bits per heavy atom. The van der Waals surface area contributed by atoms with Crippen molar-refractivity contribution in [1.29, 1.82) is 0 Å². The highest BCUT2D eigenvalue weighted by molar-refractivity contribution is 5.94. The van der Waals surface area contributed by atoms with Crippen LogP contribution in [0.3, 0.4) is 0 Å². The molecule has 1 amide bonds. The molecule has 2 aromatic rings. The first kappa shape index (κ1) is 15.3. The van der Waals surface area contributed by atoms with Crippen LogP contribution in [0.15, 0.2) is 54.9 Å². The Hall–Kier alpha value is -2.20. The lowest BCUT2D eigenvalue weighted by molar-refractivity contribution is -0.0388. The largest absolute Gasteiger partial charge is 0.374 e. The standard InChI is InChI=1S/C20H22N2O2/c23-19(17-6-10-21-11-7-17)22-12-8-20(9-13-22)14-18(15-24-20)16-4-2-1-3-5-16/h1-7,10-11,18H,8-9,12-15H2. The second-order valence-electron chi connectivity index (χ2n) is 6.83. The molecule has 0 N–H and O–H groups in total. The summed E-state index contributed by atoms with van der Waals surface area (Å²) in [7, 11) is 0. The minimum Gasteiger partial charge on any atom is -0.374 e. The Kier molecular flexibility index (Phi) is 4.07. The summed E-state index contributed by atoms with van der Waals surface area (Å²) in [6, 6.07) is 14.2. The van der Waals surface area contributed by atoms with Gasteiger partial charge in [0, 0.05) is 37.0 Å². The number of amides is 1. The van der Waals surface area contributed by atoms with Crippen LogP contribution in [0.1, 0.15) is 41.1 Å². The number of rotatable bonds is 2. The third-order valence-electron chi connectivity index (χ3n) is 5.37. The van der Waals surface area contributed by atoms with Gasteiger partial charge in [-0.25, -0.2) is 0 Å². The van der Waals surface area contributed by atoms with Crippen molar-refractivity contribution in [2.45, 2.75) is 30.8 Å². The topological polar surface area (TPSA) is 42.4 Å². The van der Waals surface area contributed by atoms with Crippen LogP contribution in [0.25, 0.3) is 0 Å². The van der Waals surface area contributed by atoms with E-state index in [0.29, 0.717) is 5.92 Å². The average Bonchev–Trinajstić information content (AvgIpc) is 3.07. The van der Waals surface area contributed by atoms with E-state index < -0.39 is 0 Å². The van der Waals surface area contributed by atoms with Gasteiger partial charge in [0.25, 0.3) is 5.91 Å². The molecule has 2 aliphatic heterocycles. The quantitative estimate of drug-likeness (QED) is 0.852. The summed E-state index contributed by atoms with van der Waals surface area (Å²) in [5.74, 6) is 0.582. The molecule has 124 valence electrons. The van der Waals surface area contributed by atoms with Crippen molar-refractivity contribution in [3.8, 4) is 0 Å². The van der Waals surface area contributed by atoms with Crippen molar-refractivity contribution in [3.05, 3.63) is 66.0 Å². The van der Waals surface area contributed by atoms with E-state index in [9.17, 15) is 4.79 Å². The maximum Gasteiger partial charge on any atom is 0.253 e. The second-order valence-corrected chi connectivity index (χ2v) is 6.83. The summed E-state index contributed by atoms with van der Waals surface area (Å²) in [5, 5.41) is 0. The lowest BCUT2D eigenvalue weighted by Gasteiger charge is -2.38. The van der Waals surface area contributed by atoms with Crippen molar-refractivity contribution in [2.24, 2.45) is 0 Å². The zero-order valence-electron chi connectivity index (χ0n) is 13.7. The lowest BCUT2D eigenvalue weighted by Crippen LogP contribution is -2.46. The van der Waals surface area contributed by atoms with Gasteiger partial charge in [0.1, 0.15) is 0 Å². The number of likely N-dealkylation sites (tertiary alicyclic amines) is 1. The Bertz CT molecular complexity index is 694. The first-order valence-electron chi connectivity index (χ1n) is 8.64. The zero-order chi connectivity index (χ0) is 16.4. The van der Waals surface area contributed by atoms with E-state index in [1.807, 2.05) is 4.90 Å². The Morgan fingerprint density at radius 3 is 2.50 bits per heavy atom. The predicted molar refractivity (Wildman–Crippen MR) is 91.9 cm³/mol. The van der Waals surface area contributed by atoms with Gasteiger partial charge < -0.3 is 9.64 Å². The van der Waals surface area contributed by atoms with Crippen LogP contribution in [-0.2, 0) is 4.74 Å². The third-order valence-corrected chi connectivity index (χ3v) is 5.37. The molecule has 4 heteroatoms. The first-order chi connectivity index (χ1) is 11.8. The van der Waals surface area contributed by atoms with E-state index in [0.717, 1.165) is 44.5 Å². The third kappa shape index (κ3) is 2.94. The van der Waals surface area contributed by atoms with Gasteiger partial charge in [-0.1, -0.05) is 30.3 Å². The highest BCUT2D eigenvalue weighted by atomic mass is 16.5. The van der Waals surface area contributed by atoms with Crippen molar-refractivity contribution in [2.75, 3.05) is 19.7 Å². The molecule has 4 rings (SSSR count). The number of aromatic nitrogens is 1. The maximum absolute atomic E-state index is 12.5. The number of nitrogens with zero attached hydrogens (tertiary/aromatic N) is 2. The van der Waals surface area contributed by atoms with E-state index in [1.165, 1.54) is 5.56 Å². The van der Waals surface area contributed by atoms with E-state index in [-0.39, 0.29) is 11.5 Å². The Balaban J connectivity index is 1.39. The van der Waals surface area contributed by atoms with Gasteiger partial charge in [-0.3, -0.25) is 9.78 Å². The highest BCUT2D eigenvalue weighted by Crippen LogP contribution is 2.42. The van der Waals surface area contributed by atoms with Crippen LogP contribution >= 0.6 is 0 Å². The SMILES string of the molecule is O=C(c1ccncc1)N1CCC2(CC1)CC(c1ccccc1)CO2. The van der Waals surface area contributed by atoms with Gasteiger partial charge >= 0.3 is 0 Å². The predicted octanol–water partition coefficient (Wildman–Crippen LogP) is 3.26. The van der Waals surface area contributed by atoms with Crippen LogP contribution < -0.4 is 0 Å². The second kappa shape index (κ2) is 6.36. The number of pyridine rings is 1. The number of hydrogen-bond donors (Lipinski definition) is 0. The summed E-state index contributed by atoms with van der Waals surface area (Å²) in [4.78, 5) is 18.5. The number of piperidine rings is 1. The summed E-state index contributed by atoms with van der Waals surface area (Å²) in [5.41, 5.74) is 2.04. The molecule has 1 aromatic heterocycles. The van der Waals surface area contributed by atoms with Gasteiger partial charge in [-0.2, -0.15) is 0 Å².